The Morgan fingerprint density at radius 3 is 3.00 bits per heavy atom. The van der Waals surface area contributed by atoms with Crippen LogP contribution < -0.4 is 5.73 Å². The highest BCUT2D eigenvalue weighted by atomic mass is 15.5. The molecule has 1 unspecified atom stereocenters. The molecule has 0 saturated carbocycles. The monoisotopic (exact) mass is 181 g/mol. The third-order valence-corrected chi connectivity index (χ3v) is 2.55. The molecule has 5 nitrogen and oxygen atoms in total. The van der Waals surface area contributed by atoms with Crippen molar-refractivity contribution in [1.29, 1.82) is 0 Å². The van der Waals surface area contributed by atoms with Gasteiger partial charge in [0, 0.05) is 32.7 Å². The highest BCUT2D eigenvalue weighted by Crippen LogP contribution is 2.17. The minimum atomic E-state index is 0.557. The number of rotatable bonds is 3. The second-order valence-corrected chi connectivity index (χ2v) is 3.47. The van der Waals surface area contributed by atoms with Gasteiger partial charge in [-0.3, -0.25) is 4.90 Å². The molecule has 1 aromatic rings. The summed E-state index contributed by atoms with van der Waals surface area (Å²) in [5.74, 6) is 0. The van der Waals surface area contributed by atoms with Crippen LogP contribution in [0.2, 0.25) is 0 Å². The maximum absolute atomic E-state index is 5.60. The Labute approximate surface area is 77.5 Å². The average molecular weight is 181 g/mol. The lowest BCUT2D eigenvalue weighted by atomic mass is 10.0. The first-order chi connectivity index (χ1) is 6.29. The Morgan fingerprint density at radius 2 is 2.54 bits per heavy atom. The molecular formula is C8H15N5. The third-order valence-electron chi connectivity index (χ3n) is 2.55. The summed E-state index contributed by atoms with van der Waals surface area (Å²) in [4.78, 5) is 3.93. The van der Waals surface area contributed by atoms with Gasteiger partial charge in [0.1, 0.15) is 0 Å². The molecule has 0 bridgehead atoms. The van der Waals surface area contributed by atoms with E-state index in [9.17, 15) is 0 Å². The second kappa shape index (κ2) is 3.43. The summed E-state index contributed by atoms with van der Waals surface area (Å²) in [6.07, 6.45) is 3.03. The van der Waals surface area contributed by atoms with Crippen molar-refractivity contribution < 1.29 is 0 Å². The summed E-state index contributed by atoms with van der Waals surface area (Å²) < 4.78 is 0. The normalized spacial score (nSPS) is 23.1. The van der Waals surface area contributed by atoms with E-state index in [1.807, 2.05) is 13.2 Å². The highest BCUT2D eigenvalue weighted by Gasteiger charge is 2.26. The molecule has 1 aromatic heterocycles. The molecule has 1 fully saturated rings. The zero-order chi connectivity index (χ0) is 9.26. The van der Waals surface area contributed by atoms with E-state index in [2.05, 4.69) is 15.1 Å². The van der Waals surface area contributed by atoms with Gasteiger partial charge >= 0.3 is 0 Å². The molecule has 0 aromatic carbocycles. The molecule has 0 amide bonds. The van der Waals surface area contributed by atoms with Gasteiger partial charge in [-0.1, -0.05) is 0 Å². The number of aromatic nitrogens is 3. The standard InChI is InChI=1S/C8H15N5/c1-12-10-5-7(11-12)6-13-3-2-8(13)4-9/h5,8H,2-4,6,9H2,1H3. The highest BCUT2D eigenvalue weighted by molar-refractivity contribution is 4.95. The van der Waals surface area contributed by atoms with Crippen LogP contribution in [-0.2, 0) is 13.6 Å². The van der Waals surface area contributed by atoms with Crippen molar-refractivity contribution in [3.63, 3.8) is 0 Å². The third kappa shape index (κ3) is 1.71. The smallest absolute Gasteiger partial charge is 0.0967 e. The van der Waals surface area contributed by atoms with Crippen LogP contribution in [0, 0.1) is 0 Å². The van der Waals surface area contributed by atoms with Crippen LogP contribution in [0.25, 0.3) is 0 Å². The zero-order valence-electron chi connectivity index (χ0n) is 7.85. The fourth-order valence-electron chi connectivity index (χ4n) is 1.64. The van der Waals surface area contributed by atoms with Crippen LogP contribution in [0.3, 0.4) is 0 Å². The molecule has 72 valence electrons. The fraction of sp³-hybridized carbons (Fsp3) is 0.750. The van der Waals surface area contributed by atoms with Crippen LogP contribution >= 0.6 is 0 Å². The summed E-state index contributed by atoms with van der Waals surface area (Å²) >= 11 is 0. The quantitative estimate of drug-likeness (QED) is 0.673. The van der Waals surface area contributed by atoms with Gasteiger partial charge in [-0.05, 0) is 6.42 Å². The Morgan fingerprint density at radius 1 is 1.69 bits per heavy atom. The Kier molecular flexibility index (Phi) is 2.28. The number of hydrogen-bond donors (Lipinski definition) is 1. The van der Waals surface area contributed by atoms with Crippen molar-refractivity contribution in [2.75, 3.05) is 13.1 Å². The maximum atomic E-state index is 5.60. The lowest BCUT2D eigenvalue weighted by Crippen LogP contribution is -2.50. The van der Waals surface area contributed by atoms with Crippen molar-refractivity contribution in [3.05, 3.63) is 11.9 Å². The topological polar surface area (TPSA) is 60.0 Å². The largest absolute Gasteiger partial charge is 0.329 e. The molecule has 1 saturated heterocycles. The van der Waals surface area contributed by atoms with Gasteiger partial charge in [0.25, 0.3) is 0 Å². The van der Waals surface area contributed by atoms with E-state index >= 15 is 0 Å². The molecule has 2 rings (SSSR count). The van der Waals surface area contributed by atoms with E-state index in [4.69, 9.17) is 5.73 Å². The van der Waals surface area contributed by atoms with Crippen molar-refractivity contribution in [1.82, 2.24) is 19.9 Å². The van der Waals surface area contributed by atoms with E-state index in [-0.39, 0.29) is 0 Å². The molecule has 1 aliphatic heterocycles. The van der Waals surface area contributed by atoms with E-state index in [1.165, 1.54) is 6.42 Å². The van der Waals surface area contributed by atoms with E-state index in [0.717, 1.165) is 25.3 Å². The zero-order valence-corrected chi connectivity index (χ0v) is 7.85. The molecule has 2 N–H and O–H groups in total. The molecule has 2 heterocycles. The van der Waals surface area contributed by atoms with Gasteiger partial charge in [0.2, 0.25) is 0 Å². The van der Waals surface area contributed by atoms with Crippen LogP contribution in [0.15, 0.2) is 6.20 Å². The summed E-state index contributed by atoms with van der Waals surface area (Å²) in [6, 6.07) is 0.557. The fourth-order valence-corrected chi connectivity index (χ4v) is 1.64. The van der Waals surface area contributed by atoms with Crippen molar-refractivity contribution in [2.24, 2.45) is 12.8 Å². The van der Waals surface area contributed by atoms with E-state index in [1.54, 1.807) is 4.80 Å². The van der Waals surface area contributed by atoms with Crippen molar-refractivity contribution in [3.8, 4) is 0 Å². The van der Waals surface area contributed by atoms with Crippen LogP contribution in [0.5, 0.6) is 0 Å². The number of aryl methyl sites for hydroxylation is 1. The van der Waals surface area contributed by atoms with E-state index in [0.29, 0.717) is 6.04 Å². The second-order valence-electron chi connectivity index (χ2n) is 3.47. The summed E-state index contributed by atoms with van der Waals surface area (Å²) in [5, 5.41) is 8.25. The Hall–Kier alpha value is -0.940. The predicted octanol–water partition coefficient (Wildman–Crippen LogP) is -0.652. The lowest BCUT2D eigenvalue weighted by Gasteiger charge is -2.39. The van der Waals surface area contributed by atoms with E-state index < -0.39 is 0 Å². The maximum Gasteiger partial charge on any atom is 0.0967 e. The minimum Gasteiger partial charge on any atom is -0.329 e. The Balaban J connectivity index is 1.91. The predicted molar refractivity (Wildman–Crippen MR) is 48.9 cm³/mol. The summed E-state index contributed by atoms with van der Waals surface area (Å²) in [5.41, 5.74) is 6.63. The molecule has 1 atom stereocenters. The molecule has 0 spiro atoms. The SMILES string of the molecule is Cn1ncc(CN2CCC2CN)n1. The molecule has 5 heteroatoms. The minimum absolute atomic E-state index is 0.557. The number of likely N-dealkylation sites (tertiary alicyclic amines) is 1. The number of hydrogen-bond acceptors (Lipinski definition) is 4. The van der Waals surface area contributed by atoms with Gasteiger partial charge in [-0.15, -0.1) is 0 Å². The molecule has 0 aliphatic carbocycles. The molecule has 1 aliphatic rings. The van der Waals surface area contributed by atoms with Crippen molar-refractivity contribution >= 4 is 0 Å². The van der Waals surface area contributed by atoms with Gasteiger partial charge in [-0.25, -0.2) is 0 Å². The molecular weight excluding hydrogens is 166 g/mol. The van der Waals surface area contributed by atoms with Crippen LogP contribution in [-0.4, -0.2) is 39.0 Å². The summed E-state index contributed by atoms with van der Waals surface area (Å²) in [7, 11) is 1.83. The van der Waals surface area contributed by atoms with Crippen molar-refractivity contribution in [2.45, 2.75) is 19.0 Å². The van der Waals surface area contributed by atoms with Gasteiger partial charge in [0.15, 0.2) is 0 Å². The first-order valence-electron chi connectivity index (χ1n) is 4.59. The van der Waals surface area contributed by atoms with Gasteiger partial charge < -0.3 is 5.73 Å². The molecule has 13 heavy (non-hydrogen) atoms. The van der Waals surface area contributed by atoms with Gasteiger partial charge in [-0.2, -0.15) is 15.0 Å². The average Bonchev–Trinajstić information content (AvgIpc) is 2.46. The van der Waals surface area contributed by atoms with Gasteiger partial charge in [0.05, 0.1) is 11.9 Å². The summed E-state index contributed by atoms with van der Waals surface area (Å²) in [6.45, 7) is 2.77. The first kappa shape index (κ1) is 8.65. The molecule has 0 radical (unpaired) electrons. The Bertz CT molecular complexity index is 280. The number of nitrogens with two attached hydrogens (primary N) is 1. The van der Waals surface area contributed by atoms with Crippen LogP contribution in [0.1, 0.15) is 12.1 Å². The lowest BCUT2D eigenvalue weighted by molar-refractivity contribution is 0.0865. The van der Waals surface area contributed by atoms with Crippen LogP contribution in [0.4, 0.5) is 0 Å². The number of nitrogens with zero attached hydrogens (tertiary/aromatic N) is 4. The first-order valence-corrected chi connectivity index (χ1v) is 4.59.